The molecule has 100 valence electrons. The van der Waals surface area contributed by atoms with Gasteiger partial charge in [-0.1, -0.05) is 13.8 Å². The fraction of sp³-hybridized carbons (Fsp3) is 0.800. The number of ether oxygens (including phenoxy) is 1. The highest BCUT2D eigenvalue weighted by molar-refractivity contribution is 7.91. The highest BCUT2D eigenvalue weighted by Crippen LogP contribution is 2.04. The molecule has 6 nitrogen and oxygen atoms in total. The third kappa shape index (κ3) is 6.93. The van der Waals surface area contributed by atoms with E-state index in [1.54, 1.807) is 13.8 Å². The largest absolute Gasteiger partial charge is 0.467 e. The molecule has 0 radical (unpaired) electrons. The van der Waals surface area contributed by atoms with Gasteiger partial charge < -0.3 is 10.1 Å². The fourth-order valence-electron chi connectivity index (χ4n) is 1.39. The summed E-state index contributed by atoms with van der Waals surface area (Å²) in [4.78, 5) is 22.2. The second-order valence-electron chi connectivity index (χ2n) is 4.25. The van der Waals surface area contributed by atoms with E-state index in [0.717, 1.165) is 7.11 Å². The molecule has 1 atom stereocenters. The molecule has 0 spiro atoms. The maximum Gasteiger partial charge on any atom is 0.329 e. The molecule has 1 unspecified atom stereocenters. The molecule has 0 aromatic heterocycles. The zero-order valence-corrected chi connectivity index (χ0v) is 11.3. The Morgan fingerprint density at radius 2 is 1.76 bits per heavy atom. The molecule has 0 heterocycles. The van der Waals surface area contributed by atoms with Crippen molar-refractivity contribution in [2.45, 2.75) is 26.8 Å². The van der Waals surface area contributed by atoms with Crippen molar-refractivity contribution in [3.8, 4) is 0 Å². The second-order valence-corrected chi connectivity index (χ2v) is 6.40. The highest BCUT2D eigenvalue weighted by atomic mass is 32.2. The monoisotopic (exact) mass is 265 g/mol. The van der Waals surface area contributed by atoms with Crippen molar-refractivity contribution in [2.75, 3.05) is 18.6 Å². The van der Waals surface area contributed by atoms with Gasteiger partial charge in [0, 0.05) is 6.92 Å². The van der Waals surface area contributed by atoms with E-state index in [4.69, 9.17) is 0 Å². The maximum atomic E-state index is 11.7. The van der Waals surface area contributed by atoms with Crippen LogP contribution < -0.4 is 5.32 Å². The van der Waals surface area contributed by atoms with E-state index in [0.29, 0.717) is 0 Å². The van der Waals surface area contributed by atoms with Crippen molar-refractivity contribution in [3.05, 3.63) is 0 Å². The van der Waals surface area contributed by atoms with Crippen LogP contribution in [0, 0.1) is 5.92 Å². The van der Waals surface area contributed by atoms with Crippen LogP contribution in [0.15, 0.2) is 0 Å². The van der Waals surface area contributed by atoms with Crippen molar-refractivity contribution in [3.63, 3.8) is 0 Å². The van der Waals surface area contributed by atoms with E-state index in [1.165, 1.54) is 6.92 Å². The molecule has 0 rings (SSSR count). The van der Waals surface area contributed by atoms with Gasteiger partial charge in [-0.2, -0.15) is 0 Å². The number of methoxy groups -OCH3 is 1. The Labute approximate surface area is 102 Å². The first-order valence-corrected chi connectivity index (χ1v) is 7.05. The molecule has 0 fully saturated rings. The first-order valence-electron chi connectivity index (χ1n) is 5.23. The van der Waals surface area contributed by atoms with E-state index < -0.39 is 33.5 Å². The summed E-state index contributed by atoms with van der Waals surface area (Å²) in [6, 6.07) is -1.14. The molecule has 7 heteroatoms. The summed E-state index contributed by atoms with van der Waals surface area (Å²) < 4.78 is 27.8. The minimum Gasteiger partial charge on any atom is -0.467 e. The fourth-order valence-corrected chi connectivity index (χ4v) is 3.27. The summed E-state index contributed by atoms with van der Waals surface area (Å²) in [5.41, 5.74) is 0. The molecular weight excluding hydrogens is 246 g/mol. The number of rotatable bonds is 6. The Morgan fingerprint density at radius 3 is 2.12 bits per heavy atom. The Balaban J connectivity index is 4.74. The molecule has 17 heavy (non-hydrogen) atoms. The molecular formula is C10H19NO5S. The van der Waals surface area contributed by atoms with Crippen LogP contribution in [0.5, 0.6) is 0 Å². The number of carbonyl (C=O) groups is 2. The molecule has 0 aromatic rings. The first kappa shape index (κ1) is 15.9. The molecule has 0 saturated carbocycles. The molecule has 0 aliphatic heterocycles. The average molecular weight is 265 g/mol. The van der Waals surface area contributed by atoms with Crippen molar-refractivity contribution >= 4 is 21.7 Å². The van der Waals surface area contributed by atoms with Crippen LogP contribution in [0.4, 0.5) is 0 Å². The van der Waals surface area contributed by atoms with Crippen molar-refractivity contribution in [1.29, 1.82) is 0 Å². The minimum absolute atomic E-state index is 0.0277. The van der Waals surface area contributed by atoms with Gasteiger partial charge in [0.15, 0.2) is 9.84 Å². The normalized spacial score (nSPS) is 13.2. The van der Waals surface area contributed by atoms with Crippen molar-refractivity contribution in [2.24, 2.45) is 5.92 Å². The van der Waals surface area contributed by atoms with Gasteiger partial charge in [0.2, 0.25) is 5.91 Å². The molecule has 1 N–H and O–H groups in total. The van der Waals surface area contributed by atoms with Crippen LogP contribution in [0.1, 0.15) is 20.8 Å². The molecule has 0 aliphatic rings. The van der Waals surface area contributed by atoms with E-state index in [2.05, 4.69) is 10.1 Å². The zero-order chi connectivity index (χ0) is 13.6. The molecule has 0 aliphatic carbocycles. The van der Waals surface area contributed by atoms with Gasteiger partial charge >= 0.3 is 5.97 Å². The van der Waals surface area contributed by atoms with Crippen LogP contribution in [0.2, 0.25) is 0 Å². The summed E-state index contributed by atoms with van der Waals surface area (Å²) in [5.74, 6) is -1.72. The number of sulfone groups is 1. The lowest BCUT2D eigenvalue weighted by Gasteiger charge is -2.16. The van der Waals surface area contributed by atoms with Crippen LogP contribution in [0.25, 0.3) is 0 Å². The number of esters is 1. The Hall–Kier alpha value is -1.11. The van der Waals surface area contributed by atoms with Crippen molar-refractivity contribution in [1.82, 2.24) is 5.32 Å². The van der Waals surface area contributed by atoms with Gasteiger partial charge in [0.1, 0.15) is 6.04 Å². The van der Waals surface area contributed by atoms with Gasteiger partial charge in [-0.15, -0.1) is 0 Å². The van der Waals surface area contributed by atoms with Crippen LogP contribution in [-0.2, 0) is 24.2 Å². The van der Waals surface area contributed by atoms with Crippen LogP contribution in [-0.4, -0.2) is 45.0 Å². The Morgan fingerprint density at radius 1 is 1.24 bits per heavy atom. The molecule has 0 saturated heterocycles. The number of carbonyl (C=O) groups excluding carboxylic acids is 2. The van der Waals surface area contributed by atoms with Gasteiger partial charge in [-0.3, -0.25) is 4.79 Å². The van der Waals surface area contributed by atoms with Crippen LogP contribution >= 0.6 is 0 Å². The molecule has 1 amide bonds. The molecule has 0 aromatic carbocycles. The topological polar surface area (TPSA) is 89.5 Å². The quantitative estimate of drug-likeness (QED) is 0.668. The predicted octanol–water partition coefficient (Wildman–Crippen LogP) is -0.265. The predicted molar refractivity (Wildman–Crippen MR) is 63.1 cm³/mol. The lowest BCUT2D eigenvalue weighted by molar-refractivity contribution is -0.144. The Bertz CT molecular complexity index is 374. The smallest absolute Gasteiger partial charge is 0.329 e. The van der Waals surface area contributed by atoms with E-state index in [-0.39, 0.29) is 11.7 Å². The number of amides is 1. The van der Waals surface area contributed by atoms with E-state index in [1.807, 2.05) is 0 Å². The SMILES string of the molecule is COC(=O)C(CS(=O)(=O)CC(C)C)NC(C)=O. The third-order valence-corrected chi connectivity index (χ3v) is 3.89. The lowest BCUT2D eigenvalue weighted by atomic mass is 10.3. The highest BCUT2D eigenvalue weighted by Gasteiger charge is 2.27. The van der Waals surface area contributed by atoms with Gasteiger partial charge in [0.05, 0.1) is 18.6 Å². The lowest BCUT2D eigenvalue weighted by Crippen LogP contribution is -2.45. The summed E-state index contributed by atoms with van der Waals surface area (Å²) in [5, 5.41) is 2.27. The molecule has 0 bridgehead atoms. The summed E-state index contributed by atoms with van der Waals surface area (Å²) in [6.45, 7) is 4.75. The van der Waals surface area contributed by atoms with Gasteiger partial charge in [0.25, 0.3) is 0 Å². The maximum absolute atomic E-state index is 11.7. The summed E-state index contributed by atoms with van der Waals surface area (Å²) >= 11 is 0. The van der Waals surface area contributed by atoms with Crippen LogP contribution in [0.3, 0.4) is 0 Å². The minimum atomic E-state index is -3.40. The van der Waals surface area contributed by atoms with E-state index in [9.17, 15) is 18.0 Å². The van der Waals surface area contributed by atoms with E-state index >= 15 is 0 Å². The second kappa shape index (κ2) is 6.58. The summed E-state index contributed by atoms with van der Waals surface area (Å²) in [7, 11) is -2.25. The summed E-state index contributed by atoms with van der Waals surface area (Å²) in [6.07, 6.45) is 0. The zero-order valence-electron chi connectivity index (χ0n) is 10.5. The Kier molecular flexibility index (Phi) is 6.15. The number of hydrogen-bond donors (Lipinski definition) is 1. The van der Waals surface area contributed by atoms with Crippen molar-refractivity contribution < 1.29 is 22.7 Å². The van der Waals surface area contributed by atoms with Gasteiger partial charge in [-0.05, 0) is 5.92 Å². The number of nitrogens with one attached hydrogen (secondary N) is 1. The standard InChI is InChI=1S/C10H19NO5S/c1-7(2)5-17(14,15)6-9(10(13)16-4)11-8(3)12/h7,9H,5-6H2,1-4H3,(H,11,12). The third-order valence-electron chi connectivity index (χ3n) is 1.87. The average Bonchev–Trinajstić information content (AvgIpc) is 2.12. The van der Waals surface area contributed by atoms with Gasteiger partial charge in [-0.25, -0.2) is 13.2 Å². The first-order chi connectivity index (χ1) is 7.68. The number of hydrogen-bond acceptors (Lipinski definition) is 5.